The number of nitro benzene ring substituents is 1. The minimum Gasteiger partial charge on any atom is -0.319 e. The van der Waals surface area contributed by atoms with Crippen LogP contribution >= 0.6 is 0 Å². The molecule has 0 unspecified atom stereocenters. The maximum absolute atomic E-state index is 13.6. The third kappa shape index (κ3) is 3.53. The van der Waals surface area contributed by atoms with E-state index in [0.717, 1.165) is 10.5 Å². The number of carbonyl (C=O) groups is 2. The average molecular weight is 401 g/mol. The van der Waals surface area contributed by atoms with E-state index >= 15 is 0 Å². The monoisotopic (exact) mass is 401 g/mol. The van der Waals surface area contributed by atoms with E-state index in [4.69, 9.17) is 0 Å². The van der Waals surface area contributed by atoms with Crippen molar-refractivity contribution in [3.63, 3.8) is 0 Å². The normalized spacial score (nSPS) is 18.3. The molecule has 0 bridgehead atoms. The van der Waals surface area contributed by atoms with Crippen LogP contribution in [0, 0.1) is 10.1 Å². The quantitative estimate of drug-likeness (QED) is 0.386. The van der Waals surface area contributed by atoms with E-state index in [0.29, 0.717) is 17.5 Å². The third-order valence-electron chi connectivity index (χ3n) is 5.24. The number of benzene rings is 3. The number of nitrogens with one attached hydrogen (secondary N) is 1. The van der Waals surface area contributed by atoms with Gasteiger partial charge in [0, 0.05) is 18.6 Å². The topological polar surface area (TPSA) is 92.6 Å². The number of amides is 3. The fourth-order valence-corrected chi connectivity index (χ4v) is 3.72. The van der Waals surface area contributed by atoms with Crippen LogP contribution in [0.2, 0.25) is 0 Å². The number of urea groups is 1. The number of rotatable bonds is 6. The molecule has 3 aromatic carbocycles. The van der Waals surface area contributed by atoms with E-state index in [-0.39, 0.29) is 18.1 Å². The molecule has 0 aromatic heterocycles. The van der Waals surface area contributed by atoms with Crippen molar-refractivity contribution in [3.8, 4) is 0 Å². The van der Waals surface area contributed by atoms with Crippen molar-refractivity contribution in [1.29, 1.82) is 0 Å². The Morgan fingerprint density at radius 2 is 1.43 bits per heavy atom. The Morgan fingerprint density at radius 1 is 0.833 bits per heavy atom. The molecule has 30 heavy (non-hydrogen) atoms. The zero-order valence-corrected chi connectivity index (χ0v) is 16.0. The molecular formula is C23H19N3O4. The van der Waals surface area contributed by atoms with E-state index in [2.05, 4.69) is 5.32 Å². The molecule has 0 aliphatic carbocycles. The van der Waals surface area contributed by atoms with Gasteiger partial charge in [0.25, 0.3) is 11.6 Å². The highest BCUT2D eigenvalue weighted by Crippen LogP contribution is 2.33. The molecule has 1 aliphatic heterocycles. The predicted octanol–water partition coefficient (Wildman–Crippen LogP) is 3.78. The lowest BCUT2D eigenvalue weighted by Crippen LogP contribution is -2.46. The fourth-order valence-electron chi connectivity index (χ4n) is 3.72. The molecule has 0 spiro atoms. The van der Waals surface area contributed by atoms with Gasteiger partial charge in [0.2, 0.25) is 0 Å². The van der Waals surface area contributed by atoms with Crippen molar-refractivity contribution in [2.75, 3.05) is 0 Å². The molecule has 1 atom stereocenters. The SMILES string of the molecule is O=C1N[C@@](Cc2ccccc2)(c2ccccc2)C(=O)N1Cc1ccc([N+](=O)[O-])cc1. The van der Waals surface area contributed by atoms with Gasteiger partial charge < -0.3 is 5.32 Å². The Labute approximate surface area is 173 Å². The van der Waals surface area contributed by atoms with Gasteiger partial charge in [-0.3, -0.25) is 19.8 Å². The van der Waals surface area contributed by atoms with Gasteiger partial charge in [0.1, 0.15) is 0 Å². The zero-order chi connectivity index (χ0) is 21.1. The van der Waals surface area contributed by atoms with Crippen molar-refractivity contribution in [2.45, 2.75) is 18.5 Å². The van der Waals surface area contributed by atoms with E-state index in [1.165, 1.54) is 12.1 Å². The molecule has 0 radical (unpaired) electrons. The predicted molar refractivity (Wildman–Crippen MR) is 110 cm³/mol. The van der Waals surface area contributed by atoms with Crippen molar-refractivity contribution in [1.82, 2.24) is 10.2 Å². The number of imide groups is 1. The maximum Gasteiger partial charge on any atom is 0.325 e. The first kappa shape index (κ1) is 19.3. The first-order valence-electron chi connectivity index (χ1n) is 9.46. The molecule has 150 valence electrons. The molecular weight excluding hydrogens is 382 g/mol. The van der Waals surface area contributed by atoms with Crippen LogP contribution in [0.1, 0.15) is 16.7 Å². The Balaban J connectivity index is 1.67. The minimum absolute atomic E-state index is 0.0338. The van der Waals surface area contributed by atoms with E-state index in [1.54, 1.807) is 12.1 Å². The average Bonchev–Trinajstić information content (AvgIpc) is 3.00. The van der Waals surface area contributed by atoms with Gasteiger partial charge in [-0.2, -0.15) is 0 Å². The summed E-state index contributed by atoms with van der Waals surface area (Å²) >= 11 is 0. The fraction of sp³-hybridized carbons (Fsp3) is 0.130. The minimum atomic E-state index is -1.21. The number of hydrogen-bond acceptors (Lipinski definition) is 4. The standard InChI is InChI=1S/C23H19N3O4/c27-21-23(19-9-5-2-6-10-19,15-17-7-3-1-4-8-17)24-22(28)25(21)16-18-11-13-20(14-12-18)26(29)30/h1-14H,15-16H2,(H,24,28)/t23-/m0/s1. The van der Waals surface area contributed by atoms with Crippen LogP contribution in [0.5, 0.6) is 0 Å². The van der Waals surface area contributed by atoms with Crippen molar-refractivity contribution in [3.05, 3.63) is 112 Å². The van der Waals surface area contributed by atoms with Gasteiger partial charge in [-0.25, -0.2) is 4.79 Å². The van der Waals surface area contributed by atoms with Crippen LogP contribution < -0.4 is 5.32 Å². The first-order chi connectivity index (χ1) is 14.5. The maximum atomic E-state index is 13.6. The van der Waals surface area contributed by atoms with Gasteiger partial charge in [-0.15, -0.1) is 0 Å². The van der Waals surface area contributed by atoms with Gasteiger partial charge in [-0.1, -0.05) is 72.8 Å². The van der Waals surface area contributed by atoms with Crippen LogP contribution in [-0.2, 0) is 23.3 Å². The van der Waals surface area contributed by atoms with Crippen molar-refractivity contribution >= 4 is 17.6 Å². The molecule has 3 amide bonds. The lowest BCUT2D eigenvalue weighted by atomic mass is 9.83. The highest BCUT2D eigenvalue weighted by atomic mass is 16.6. The molecule has 1 fully saturated rings. The number of carbonyl (C=O) groups excluding carboxylic acids is 2. The highest BCUT2D eigenvalue weighted by molar-refractivity contribution is 6.07. The summed E-state index contributed by atoms with van der Waals surface area (Å²) in [6.45, 7) is 0.0338. The molecule has 1 N–H and O–H groups in total. The first-order valence-corrected chi connectivity index (χ1v) is 9.46. The summed E-state index contributed by atoms with van der Waals surface area (Å²) in [6, 6.07) is 24.1. The van der Waals surface area contributed by atoms with E-state index in [1.807, 2.05) is 60.7 Å². The molecule has 1 saturated heterocycles. The Bertz CT molecular complexity index is 1080. The molecule has 1 aliphatic rings. The van der Waals surface area contributed by atoms with E-state index in [9.17, 15) is 19.7 Å². The van der Waals surface area contributed by atoms with Gasteiger partial charge in [-0.05, 0) is 16.7 Å². The third-order valence-corrected chi connectivity index (χ3v) is 5.24. The number of nitrogens with zero attached hydrogens (tertiary/aromatic N) is 2. The summed E-state index contributed by atoms with van der Waals surface area (Å²) in [4.78, 5) is 37.9. The lowest BCUT2D eigenvalue weighted by Gasteiger charge is -2.27. The smallest absolute Gasteiger partial charge is 0.319 e. The molecule has 3 aromatic rings. The summed E-state index contributed by atoms with van der Waals surface area (Å²) in [6.07, 6.45) is 0.319. The van der Waals surface area contributed by atoms with E-state index < -0.39 is 16.5 Å². The summed E-state index contributed by atoms with van der Waals surface area (Å²) in [7, 11) is 0. The van der Waals surface area contributed by atoms with Crippen LogP contribution in [0.3, 0.4) is 0 Å². The molecule has 7 heteroatoms. The summed E-state index contributed by atoms with van der Waals surface area (Å²) in [5.74, 6) is -0.346. The van der Waals surface area contributed by atoms with Crippen LogP contribution in [0.4, 0.5) is 10.5 Å². The van der Waals surface area contributed by atoms with Gasteiger partial charge in [0.15, 0.2) is 5.54 Å². The number of non-ortho nitro benzene ring substituents is 1. The molecule has 1 heterocycles. The lowest BCUT2D eigenvalue weighted by molar-refractivity contribution is -0.384. The number of hydrogen-bond donors (Lipinski definition) is 1. The Morgan fingerprint density at radius 3 is 2.03 bits per heavy atom. The largest absolute Gasteiger partial charge is 0.325 e. The van der Waals surface area contributed by atoms with Crippen molar-refractivity contribution < 1.29 is 14.5 Å². The Kier molecular flexibility index (Phi) is 5.02. The van der Waals surface area contributed by atoms with Gasteiger partial charge in [0.05, 0.1) is 11.5 Å². The number of nitro groups is 1. The van der Waals surface area contributed by atoms with Crippen molar-refractivity contribution in [2.24, 2.45) is 0 Å². The zero-order valence-electron chi connectivity index (χ0n) is 16.0. The highest BCUT2D eigenvalue weighted by Gasteiger charge is 2.52. The Hall–Kier alpha value is -4.00. The van der Waals surface area contributed by atoms with Crippen LogP contribution in [-0.4, -0.2) is 21.8 Å². The second-order valence-corrected chi connectivity index (χ2v) is 7.18. The van der Waals surface area contributed by atoms with Gasteiger partial charge >= 0.3 is 6.03 Å². The molecule has 0 saturated carbocycles. The summed E-state index contributed by atoms with van der Waals surface area (Å²) < 4.78 is 0. The second kappa shape index (κ2) is 7.79. The molecule has 7 nitrogen and oxygen atoms in total. The summed E-state index contributed by atoms with van der Waals surface area (Å²) in [5, 5.41) is 13.8. The molecule has 4 rings (SSSR count). The van der Waals surface area contributed by atoms with Crippen LogP contribution in [0.15, 0.2) is 84.9 Å². The second-order valence-electron chi connectivity index (χ2n) is 7.18. The van der Waals surface area contributed by atoms with Crippen LogP contribution in [0.25, 0.3) is 0 Å². The summed E-state index contributed by atoms with van der Waals surface area (Å²) in [5.41, 5.74) is 1.01.